The van der Waals surface area contributed by atoms with E-state index in [4.69, 9.17) is 5.11 Å². The Hall–Kier alpha value is -1.62. The molecule has 0 atom stereocenters. The van der Waals surface area contributed by atoms with E-state index < -0.39 is 0 Å². The summed E-state index contributed by atoms with van der Waals surface area (Å²) in [5, 5.41) is 12.9. The molecule has 0 aliphatic rings. The standard InChI is InChI=1S/C13H21N3O2/c1-11(2)16(9-4-10-17)13(18)6-5-12-7-8-14-15(12)3/h5-8,11,17H,4,9-10H2,1-3H3/b6-5+. The summed E-state index contributed by atoms with van der Waals surface area (Å²) in [5.41, 5.74) is 0.884. The minimum absolute atomic E-state index is 0.0420. The molecular formula is C13H21N3O2. The van der Waals surface area contributed by atoms with E-state index in [9.17, 15) is 4.79 Å². The van der Waals surface area contributed by atoms with Crippen LogP contribution in [-0.2, 0) is 11.8 Å². The van der Waals surface area contributed by atoms with Gasteiger partial charge in [0.1, 0.15) is 0 Å². The van der Waals surface area contributed by atoms with E-state index in [2.05, 4.69) is 5.10 Å². The lowest BCUT2D eigenvalue weighted by Crippen LogP contribution is -2.36. The van der Waals surface area contributed by atoms with Crippen LogP contribution >= 0.6 is 0 Å². The fourth-order valence-corrected chi connectivity index (χ4v) is 1.66. The second kappa shape index (κ2) is 6.96. The minimum Gasteiger partial charge on any atom is -0.396 e. The first-order valence-electron chi connectivity index (χ1n) is 6.13. The van der Waals surface area contributed by atoms with Crippen molar-refractivity contribution in [3.05, 3.63) is 24.0 Å². The normalized spacial score (nSPS) is 11.4. The van der Waals surface area contributed by atoms with Crippen LogP contribution < -0.4 is 0 Å². The van der Waals surface area contributed by atoms with Crippen molar-refractivity contribution >= 4 is 12.0 Å². The third-order valence-electron chi connectivity index (χ3n) is 2.72. The van der Waals surface area contributed by atoms with Crippen LogP contribution in [0.3, 0.4) is 0 Å². The lowest BCUT2D eigenvalue weighted by atomic mass is 10.2. The summed E-state index contributed by atoms with van der Waals surface area (Å²) in [6.07, 6.45) is 5.59. The molecular weight excluding hydrogens is 230 g/mol. The fraction of sp³-hybridized carbons (Fsp3) is 0.538. The first-order valence-corrected chi connectivity index (χ1v) is 6.13. The number of aliphatic hydroxyl groups excluding tert-OH is 1. The van der Waals surface area contributed by atoms with Crippen molar-refractivity contribution in [3.63, 3.8) is 0 Å². The molecule has 0 unspecified atom stereocenters. The number of hydrogen-bond acceptors (Lipinski definition) is 3. The number of carbonyl (C=O) groups excluding carboxylic acids is 1. The van der Waals surface area contributed by atoms with Crippen molar-refractivity contribution in [2.24, 2.45) is 7.05 Å². The summed E-state index contributed by atoms with van der Waals surface area (Å²) in [6.45, 7) is 4.60. The SMILES string of the molecule is CC(C)N(CCCO)C(=O)/C=C/c1ccnn1C. The molecule has 100 valence electrons. The van der Waals surface area contributed by atoms with E-state index in [-0.39, 0.29) is 18.6 Å². The highest BCUT2D eigenvalue weighted by Gasteiger charge is 2.13. The molecule has 1 heterocycles. The Bertz CT molecular complexity index is 410. The van der Waals surface area contributed by atoms with Crippen molar-refractivity contribution in [2.75, 3.05) is 13.2 Å². The summed E-state index contributed by atoms with van der Waals surface area (Å²) in [6, 6.07) is 1.97. The molecule has 5 nitrogen and oxygen atoms in total. The molecule has 18 heavy (non-hydrogen) atoms. The van der Waals surface area contributed by atoms with E-state index in [1.54, 1.807) is 27.9 Å². The van der Waals surface area contributed by atoms with E-state index in [1.807, 2.05) is 27.0 Å². The molecule has 1 aromatic heterocycles. The van der Waals surface area contributed by atoms with Gasteiger partial charge in [-0.25, -0.2) is 0 Å². The van der Waals surface area contributed by atoms with Crippen molar-refractivity contribution in [1.29, 1.82) is 0 Å². The van der Waals surface area contributed by atoms with E-state index >= 15 is 0 Å². The van der Waals surface area contributed by atoms with Gasteiger partial charge in [-0.05, 0) is 32.4 Å². The molecule has 1 aromatic rings. The van der Waals surface area contributed by atoms with Crippen LogP contribution in [0.15, 0.2) is 18.3 Å². The second-order valence-electron chi connectivity index (χ2n) is 4.42. The average Bonchev–Trinajstić information content (AvgIpc) is 2.72. The summed E-state index contributed by atoms with van der Waals surface area (Å²) in [4.78, 5) is 13.8. The maximum Gasteiger partial charge on any atom is 0.246 e. The molecule has 0 spiro atoms. The largest absolute Gasteiger partial charge is 0.396 e. The van der Waals surface area contributed by atoms with E-state index in [1.165, 1.54) is 0 Å². The van der Waals surface area contributed by atoms with Crippen LogP contribution in [-0.4, -0.2) is 44.9 Å². The summed E-state index contributed by atoms with van der Waals surface area (Å²) in [5.74, 6) is -0.0420. The highest BCUT2D eigenvalue weighted by Crippen LogP contribution is 2.04. The number of hydrogen-bond donors (Lipinski definition) is 1. The second-order valence-corrected chi connectivity index (χ2v) is 4.42. The number of nitrogens with zero attached hydrogens (tertiary/aromatic N) is 3. The smallest absolute Gasteiger partial charge is 0.246 e. The van der Waals surface area contributed by atoms with Gasteiger partial charge in [0.2, 0.25) is 5.91 Å². The van der Waals surface area contributed by atoms with Gasteiger partial charge in [0.25, 0.3) is 0 Å². The van der Waals surface area contributed by atoms with E-state index in [0.717, 1.165) is 5.69 Å². The topological polar surface area (TPSA) is 58.4 Å². The number of aliphatic hydroxyl groups is 1. The Morgan fingerprint density at radius 1 is 1.61 bits per heavy atom. The third kappa shape index (κ3) is 4.00. The predicted molar refractivity (Wildman–Crippen MR) is 70.8 cm³/mol. The molecule has 0 aromatic carbocycles. The fourth-order valence-electron chi connectivity index (χ4n) is 1.66. The summed E-state index contributed by atoms with van der Waals surface area (Å²) >= 11 is 0. The molecule has 0 bridgehead atoms. The molecule has 5 heteroatoms. The Labute approximate surface area is 108 Å². The van der Waals surface area contributed by atoms with Crippen LogP contribution in [0.4, 0.5) is 0 Å². The zero-order valence-electron chi connectivity index (χ0n) is 11.2. The molecule has 0 fully saturated rings. The Balaban J connectivity index is 2.67. The quantitative estimate of drug-likeness (QED) is 0.769. The molecule has 0 aliphatic heterocycles. The highest BCUT2D eigenvalue weighted by molar-refractivity contribution is 5.91. The van der Waals surface area contributed by atoms with Gasteiger partial charge in [-0.1, -0.05) is 0 Å². The number of carbonyl (C=O) groups is 1. The lowest BCUT2D eigenvalue weighted by molar-refractivity contribution is -0.127. The number of aryl methyl sites for hydroxylation is 1. The van der Waals surface area contributed by atoms with Gasteiger partial charge in [0.15, 0.2) is 0 Å². The molecule has 0 aliphatic carbocycles. The maximum absolute atomic E-state index is 12.0. The first kappa shape index (κ1) is 14.4. The molecule has 0 radical (unpaired) electrons. The zero-order chi connectivity index (χ0) is 13.5. The molecule has 1 amide bonds. The number of rotatable bonds is 6. The lowest BCUT2D eigenvalue weighted by Gasteiger charge is -2.25. The Morgan fingerprint density at radius 3 is 2.83 bits per heavy atom. The van der Waals surface area contributed by atoms with Crippen molar-refractivity contribution in [3.8, 4) is 0 Å². The maximum atomic E-state index is 12.0. The Morgan fingerprint density at radius 2 is 2.33 bits per heavy atom. The summed E-state index contributed by atoms with van der Waals surface area (Å²) < 4.78 is 1.71. The van der Waals surface area contributed by atoms with Gasteiger partial charge in [0, 0.05) is 38.5 Å². The van der Waals surface area contributed by atoms with Crippen LogP contribution in [0, 0.1) is 0 Å². The van der Waals surface area contributed by atoms with Crippen LogP contribution in [0.5, 0.6) is 0 Å². The molecule has 1 rings (SSSR count). The van der Waals surface area contributed by atoms with Gasteiger partial charge >= 0.3 is 0 Å². The van der Waals surface area contributed by atoms with Gasteiger partial charge < -0.3 is 10.0 Å². The third-order valence-corrected chi connectivity index (χ3v) is 2.72. The van der Waals surface area contributed by atoms with Crippen molar-refractivity contribution in [1.82, 2.24) is 14.7 Å². The van der Waals surface area contributed by atoms with Crippen LogP contribution in [0.2, 0.25) is 0 Å². The van der Waals surface area contributed by atoms with Gasteiger partial charge in [-0.3, -0.25) is 9.48 Å². The van der Waals surface area contributed by atoms with Gasteiger partial charge in [-0.2, -0.15) is 5.10 Å². The molecule has 1 N–H and O–H groups in total. The van der Waals surface area contributed by atoms with Crippen LogP contribution in [0.1, 0.15) is 26.0 Å². The zero-order valence-corrected chi connectivity index (χ0v) is 11.2. The number of amides is 1. The Kier molecular flexibility index (Phi) is 5.58. The average molecular weight is 251 g/mol. The van der Waals surface area contributed by atoms with Gasteiger partial charge in [-0.15, -0.1) is 0 Å². The predicted octanol–water partition coefficient (Wildman–Crippen LogP) is 1.05. The van der Waals surface area contributed by atoms with Crippen molar-refractivity contribution < 1.29 is 9.90 Å². The van der Waals surface area contributed by atoms with E-state index in [0.29, 0.717) is 13.0 Å². The van der Waals surface area contributed by atoms with Gasteiger partial charge in [0.05, 0.1) is 5.69 Å². The molecule has 0 saturated carbocycles. The number of aromatic nitrogens is 2. The van der Waals surface area contributed by atoms with Crippen LogP contribution in [0.25, 0.3) is 6.08 Å². The first-order chi connectivity index (χ1) is 8.56. The minimum atomic E-state index is -0.0420. The van der Waals surface area contributed by atoms with Crippen molar-refractivity contribution in [2.45, 2.75) is 26.3 Å². The monoisotopic (exact) mass is 251 g/mol. The highest BCUT2D eigenvalue weighted by atomic mass is 16.3. The molecule has 0 saturated heterocycles. The summed E-state index contributed by atoms with van der Waals surface area (Å²) in [7, 11) is 1.83.